The molecule has 1 fully saturated rings. The zero-order valence-corrected chi connectivity index (χ0v) is 21.3. The molecule has 11 heteroatoms. The van der Waals surface area contributed by atoms with Gasteiger partial charge in [0.25, 0.3) is 10.0 Å². The van der Waals surface area contributed by atoms with Gasteiger partial charge < -0.3 is 14.4 Å². The fraction of sp³-hybridized carbons (Fsp3) is 0.200. The number of sulfonamides is 1. The number of esters is 1. The van der Waals surface area contributed by atoms with Crippen LogP contribution < -0.4 is 9.62 Å². The molecule has 1 N–H and O–H groups in total. The molecule has 0 saturated carbocycles. The molecule has 3 aromatic rings. The summed E-state index contributed by atoms with van der Waals surface area (Å²) in [6, 6.07) is 16.9. The van der Waals surface area contributed by atoms with Crippen LogP contribution in [-0.2, 0) is 19.5 Å². The zero-order valence-electron chi connectivity index (χ0n) is 18.9. The number of para-hydroxylation sites is 2. The lowest BCUT2D eigenvalue weighted by Gasteiger charge is -2.30. The van der Waals surface area contributed by atoms with Crippen LogP contribution in [0.4, 0.5) is 11.4 Å². The summed E-state index contributed by atoms with van der Waals surface area (Å²) in [4.78, 5) is 26.6. The third kappa shape index (κ3) is 6.17. The molecule has 4 rings (SSSR count). The number of benzene rings is 3. The molecule has 0 radical (unpaired) electrons. The first-order chi connectivity index (χ1) is 17.2. The van der Waals surface area contributed by atoms with E-state index in [0.717, 1.165) is 6.07 Å². The number of nitrogens with one attached hydrogen (secondary N) is 1. The van der Waals surface area contributed by atoms with E-state index in [4.69, 9.17) is 32.7 Å². The molecule has 36 heavy (non-hydrogen) atoms. The van der Waals surface area contributed by atoms with E-state index in [1.807, 2.05) is 17.0 Å². The fourth-order valence-electron chi connectivity index (χ4n) is 3.61. The van der Waals surface area contributed by atoms with Crippen molar-refractivity contribution < 1.29 is 27.5 Å². The number of nitrogens with zero attached hydrogens (tertiary/aromatic N) is 1. The van der Waals surface area contributed by atoms with E-state index in [1.165, 1.54) is 24.3 Å². The summed E-state index contributed by atoms with van der Waals surface area (Å²) in [6.45, 7) is 1.80. The Hall–Kier alpha value is -3.11. The Morgan fingerprint density at radius 3 is 2.33 bits per heavy atom. The van der Waals surface area contributed by atoms with Crippen molar-refractivity contribution in [3.8, 4) is 0 Å². The average molecular weight is 549 g/mol. The number of hydrogen-bond acceptors (Lipinski definition) is 7. The molecule has 3 aromatic carbocycles. The molecule has 0 aromatic heterocycles. The lowest BCUT2D eigenvalue weighted by Crippen LogP contribution is -2.36. The quantitative estimate of drug-likeness (QED) is 0.322. The number of morpholine rings is 1. The summed E-state index contributed by atoms with van der Waals surface area (Å²) < 4.78 is 39.6. The third-order valence-corrected chi connectivity index (χ3v) is 7.56. The highest BCUT2D eigenvalue weighted by atomic mass is 35.5. The molecule has 0 unspecified atom stereocenters. The first-order valence-electron chi connectivity index (χ1n) is 10.9. The molecule has 8 nitrogen and oxygen atoms in total. The average Bonchev–Trinajstić information content (AvgIpc) is 2.88. The van der Waals surface area contributed by atoms with Gasteiger partial charge in [-0.15, -0.1) is 0 Å². The monoisotopic (exact) mass is 548 g/mol. The van der Waals surface area contributed by atoms with E-state index in [1.54, 1.807) is 24.3 Å². The Labute approximate surface area is 218 Å². The number of hydrogen-bond donors (Lipinski definition) is 1. The highest BCUT2D eigenvalue weighted by Crippen LogP contribution is 2.31. The second-order valence-corrected chi connectivity index (χ2v) is 10.4. The number of anilines is 2. The number of halogens is 2. The molecule has 0 bridgehead atoms. The van der Waals surface area contributed by atoms with Crippen LogP contribution in [0.1, 0.15) is 20.7 Å². The summed E-state index contributed by atoms with van der Waals surface area (Å²) in [5.74, 6) is -1.29. The number of carbonyl (C=O) groups excluding carboxylic acids is 2. The molecular weight excluding hydrogens is 527 g/mol. The maximum Gasteiger partial charge on any atom is 0.338 e. The molecule has 0 aliphatic carbocycles. The van der Waals surface area contributed by atoms with Gasteiger partial charge in [-0.3, -0.25) is 9.52 Å². The molecule has 188 valence electrons. The molecule has 1 aliphatic heterocycles. The van der Waals surface area contributed by atoms with Crippen molar-refractivity contribution >= 4 is 56.4 Å². The van der Waals surface area contributed by atoms with Crippen molar-refractivity contribution in [1.29, 1.82) is 0 Å². The Balaban J connectivity index is 1.51. The summed E-state index contributed by atoms with van der Waals surface area (Å²) in [6.07, 6.45) is 0. The summed E-state index contributed by atoms with van der Waals surface area (Å²) in [5.41, 5.74) is 1.34. The van der Waals surface area contributed by atoms with Gasteiger partial charge in [0.05, 0.1) is 35.2 Å². The molecule has 0 amide bonds. The standard InChI is InChI=1S/C25H22Cl2N2O6S/c26-19-8-5-17(6-9-19)23(30)16-35-25(31)18-7-10-20(27)24(15-18)36(32,33)28-21-3-1-2-4-22(21)29-11-13-34-14-12-29/h1-10,15,28H,11-14,16H2. The Bertz CT molecular complexity index is 1370. The first-order valence-corrected chi connectivity index (χ1v) is 13.2. The van der Waals surface area contributed by atoms with Gasteiger partial charge in [0.2, 0.25) is 0 Å². The Morgan fingerprint density at radius 1 is 0.944 bits per heavy atom. The second-order valence-electron chi connectivity index (χ2n) is 7.87. The van der Waals surface area contributed by atoms with Gasteiger partial charge in [-0.2, -0.15) is 0 Å². The van der Waals surface area contributed by atoms with Gasteiger partial charge in [-0.05, 0) is 54.6 Å². The van der Waals surface area contributed by atoms with Crippen LogP contribution in [0.25, 0.3) is 0 Å². The normalized spacial score (nSPS) is 13.8. The van der Waals surface area contributed by atoms with Crippen LogP contribution in [-0.4, -0.2) is 53.1 Å². The number of Topliss-reactive ketones (excluding diaryl/α,β-unsaturated/α-hetero) is 1. The van der Waals surface area contributed by atoms with Crippen LogP contribution in [0.3, 0.4) is 0 Å². The molecule has 1 aliphatic rings. The van der Waals surface area contributed by atoms with Crippen molar-refractivity contribution in [2.24, 2.45) is 0 Å². The van der Waals surface area contributed by atoms with Crippen LogP contribution in [0.2, 0.25) is 10.0 Å². The largest absolute Gasteiger partial charge is 0.454 e. The van der Waals surface area contributed by atoms with Crippen LogP contribution in [0, 0.1) is 0 Å². The number of ether oxygens (including phenoxy) is 2. The fourth-order valence-corrected chi connectivity index (χ4v) is 5.34. The third-order valence-electron chi connectivity index (χ3n) is 5.46. The number of ketones is 1. The van der Waals surface area contributed by atoms with Gasteiger partial charge in [0.15, 0.2) is 12.4 Å². The van der Waals surface area contributed by atoms with E-state index in [2.05, 4.69) is 4.72 Å². The Morgan fingerprint density at radius 2 is 1.61 bits per heavy atom. The van der Waals surface area contributed by atoms with Gasteiger partial charge in [-0.25, -0.2) is 13.2 Å². The zero-order chi connectivity index (χ0) is 25.7. The molecule has 1 heterocycles. The number of carbonyl (C=O) groups is 2. The van der Waals surface area contributed by atoms with Crippen molar-refractivity contribution in [2.45, 2.75) is 4.90 Å². The molecular formula is C25H22Cl2N2O6S. The minimum atomic E-state index is -4.17. The van der Waals surface area contributed by atoms with Crippen molar-refractivity contribution in [1.82, 2.24) is 0 Å². The lowest BCUT2D eigenvalue weighted by atomic mass is 10.1. The lowest BCUT2D eigenvalue weighted by molar-refractivity contribution is 0.0474. The summed E-state index contributed by atoms with van der Waals surface area (Å²) in [7, 11) is -4.17. The Kier molecular flexibility index (Phi) is 8.15. The molecule has 0 atom stereocenters. The second kappa shape index (κ2) is 11.3. The topological polar surface area (TPSA) is 102 Å². The minimum Gasteiger partial charge on any atom is -0.454 e. The number of rotatable bonds is 8. The highest BCUT2D eigenvalue weighted by Gasteiger charge is 2.24. The van der Waals surface area contributed by atoms with Crippen molar-refractivity contribution in [3.05, 3.63) is 87.9 Å². The van der Waals surface area contributed by atoms with Crippen LogP contribution >= 0.6 is 23.2 Å². The summed E-state index contributed by atoms with van der Waals surface area (Å²) >= 11 is 12.0. The first kappa shape index (κ1) is 26.0. The van der Waals surface area contributed by atoms with E-state index in [9.17, 15) is 18.0 Å². The van der Waals surface area contributed by atoms with Gasteiger partial charge in [0, 0.05) is 23.7 Å². The van der Waals surface area contributed by atoms with E-state index < -0.39 is 28.4 Å². The maximum atomic E-state index is 13.3. The van der Waals surface area contributed by atoms with E-state index in [0.29, 0.717) is 48.3 Å². The molecule has 0 spiro atoms. The van der Waals surface area contributed by atoms with Crippen molar-refractivity contribution in [2.75, 3.05) is 42.5 Å². The minimum absolute atomic E-state index is 0.0647. The molecule has 1 saturated heterocycles. The van der Waals surface area contributed by atoms with Crippen LogP contribution in [0.15, 0.2) is 71.6 Å². The predicted octanol–water partition coefficient (Wildman–Crippen LogP) is 4.67. The SMILES string of the molecule is O=C(COC(=O)c1ccc(Cl)c(S(=O)(=O)Nc2ccccc2N2CCOCC2)c1)c1ccc(Cl)cc1. The predicted molar refractivity (Wildman–Crippen MR) is 138 cm³/mol. The van der Waals surface area contributed by atoms with Gasteiger partial charge >= 0.3 is 5.97 Å². The summed E-state index contributed by atoms with van der Waals surface area (Å²) in [5, 5.41) is 0.403. The highest BCUT2D eigenvalue weighted by molar-refractivity contribution is 7.92. The maximum absolute atomic E-state index is 13.3. The van der Waals surface area contributed by atoms with E-state index >= 15 is 0 Å². The smallest absolute Gasteiger partial charge is 0.338 e. The van der Waals surface area contributed by atoms with E-state index in [-0.39, 0.29) is 15.5 Å². The van der Waals surface area contributed by atoms with Gasteiger partial charge in [-0.1, -0.05) is 35.3 Å². The van der Waals surface area contributed by atoms with Crippen LogP contribution in [0.5, 0.6) is 0 Å². The van der Waals surface area contributed by atoms with Gasteiger partial charge in [0.1, 0.15) is 4.90 Å². The van der Waals surface area contributed by atoms with Crippen molar-refractivity contribution in [3.63, 3.8) is 0 Å².